The molecule has 1 aliphatic carbocycles. The van der Waals surface area contributed by atoms with E-state index in [4.69, 9.17) is 0 Å². The summed E-state index contributed by atoms with van der Waals surface area (Å²) in [5.74, 6) is -1.29. The monoisotopic (exact) mass is 425 g/mol. The molecule has 138 valence electrons. The van der Waals surface area contributed by atoms with Crippen molar-refractivity contribution in [2.75, 3.05) is 11.9 Å². The number of amides is 1. The number of halogens is 4. The first-order valence-electron chi connectivity index (χ1n) is 8.54. The number of aryl methyl sites for hydroxylation is 1. The number of benzene rings is 2. The highest BCUT2D eigenvalue weighted by atomic mass is 79.9. The number of carbonyl (C=O) groups excluding carboxylic acids is 1. The standard InChI is InChI=1S/C20H19BrF3NO/c21-11-4-3-6-13-7-5-10-15-14-8-1-2-9-16(14)18(17(13)15)19(26)25-12-20(22,23)24/h1-2,5,7-10,18H,3-4,6,11-12H2,(H,25,26). The first-order chi connectivity index (χ1) is 12.4. The van der Waals surface area contributed by atoms with Crippen molar-refractivity contribution in [2.24, 2.45) is 0 Å². The number of rotatable bonds is 6. The molecule has 0 radical (unpaired) electrons. The number of alkyl halides is 4. The van der Waals surface area contributed by atoms with Gasteiger partial charge in [-0.05, 0) is 47.1 Å². The second kappa shape index (κ2) is 7.82. The van der Waals surface area contributed by atoms with Crippen molar-refractivity contribution < 1.29 is 18.0 Å². The maximum atomic E-state index is 12.7. The van der Waals surface area contributed by atoms with E-state index in [0.29, 0.717) is 0 Å². The van der Waals surface area contributed by atoms with Crippen molar-refractivity contribution >= 4 is 21.8 Å². The van der Waals surface area contributed by atoms with Crippen LogP contribution in [0.25, 0.3) is 11.1 Å². The Hall–Kier alpha value is -1.82. The topological polar surface area (TPSA) is 29.1 Å². The van der Waals surface area contributed by atoms with Crippen LogP contribution < -0.4 is 5.32 Å². The highest BCUT2D eigenvalue weighted by molar-refractivity contribution is 9.09. The van der Waals surface area contributed by atoms with Crippen molar-refractivity contribution in [3.8, 4) is 11.1 Å². The third-order valence-corrected chi connectivity index (χ3v) is 5.16. The molecule has 0 heterocycles. The minimum Gasteiger partial charge on any atom is -0.346 e. The van der Waals surface area contributed by atoms with Gasteiger partial charge >= 0.3 is 6.18 Å². The minimum absolute atomic E-state index is 0.596. The van der Waals surface area contributed by atoms with E-state index in [1.807, 2.05) is 42.5 Å². The lowest BCUT2D eigenvalue weighted by atomic mass is 9.90. The molecule has 1 amide bonds. The minimum atomic E-state index is -4.42. The van der Waals surface area contributed by atoms with Crippen LogP contribution in [0.2, 0.25) is 0 Å². The molecule has 2 nitrogen and oxygen atoms in total. The molecule has 1 N–H and O–H groups in total. The summed E-state index contributed by atoms with van der Waals surface area (Å²) in [6, 6.07) is 13.3. The number of nitrogens with one attached hydrogen (secondary N) is 1. The van der Waals surface area contributed by atoms with Crippen molar-refractivity contribution in [3.63, 3.8) is 0 Å². The lowest BCUT2D eigenvalue weighted by Gasteiger charge is -2.18. The fourth-order valence-corrected chi connectivity index (χ4v) is 3.92. The maximum Gasteiger partial charge on any atom is 0.405 e. The van der Waals surface area contributed by atoms with Gasteiger partial charge in [0.2, 0.25) is 5.91 Å². The summed E-state index contributed by atoms with van der Waals surface area (Å²) >= 11 is 3.41. The lowest BCUT2D eigenvalue weighted by molar-refractivity contribution is -0.138. The lowest BCUT2D eigenvalue weighted by Crippen LogP contribution is -2.37. The Balaban J connectivity index is 1.98. The van der Waals surface area contributed by atoms with E-state index in [2.05, 4.69) is 21.2 Å². The Morgan fingerprint density at radius 3 is 2.50 bits per heavy atom. The van der Waals surface area contributed by atoms with Gasteiger partial charge in [-0.15, -0.1) is 0 Å². The van der Waals surface area contributed by atoms with E-state index in [-0.39, 0.29) is 0 Å². The first kappa shape index (κ1) is 19.0. The van der Waals surface area contributed by atoms with Gasteiger partial charge in [0, 0.05) is 5.33 Å². The average Bonchev–Trinajstić information content (AvgIpc) is 2.95. The van der Waals surface area contributed by atoms with Crippen molar-refractivity contribution in [1.82, 2.24) is 5.32 Å². The molecule has 0 aliphatic heterocycles. The Morgan fingerprint density at radius 1 is 1.04 bits per heavy atom. The van der Waals surface area contributed by atoms with Gasteiger partial charge in [-0.2, -0.15) is 13.2 Å². The fraction of sp³-hybridized carbons (Fsp3) is 0.350. The zero-order chi connectivity index (χ0) is 18.7. The zero-order valence-electron chi connectivity index (χ0n) is 14.1. The van der Waals surface area contributed by atoms with Gasteiger partial charge in [-0.3, -0.25) is 4.79 Å². The van der Waals surface area contributed by atoms with Crippen LogP contribution in [0.1, 0.15) is 35.4 Å². The molecule has 0 saturated carbocycles. The molecule has 2 aromatic carbocycles. The zero-order valence-corrected chi connectivity index (χ0v) is 15.7. The van der Waals surface area contributed by atoms with Crippen LogP contribution in [-0.2, 0) is 11.2 Å². The number of hydrogen-bond donors (Lipinski definition) is 1. The normalized spacial score (nSPS) is 15.5. The summed E-state index contributed by atoms with van der Waals surface area (Å²) in [6.45, 7) is -1.31. The quantitative estimate of drug-likeness (QED) is 0.500. The second-order valence-electron chi connectivity index (χ2n) is 6.38. The van der Waals surface area contributed by atoms with Crippen molar-refractivity contribution in [2.45, 2.75) is 31.4 Å². The smallest absolute Gasteiger partial charge is 0.346 e. The predicted molar refractivity (Wildman–Crippen MR) is 99.5 cm³/mol. The number of unbranched alkanes of at least 4 members (excludes halogenated alkanes) is 1. The summed E-state index contributed by atoms with van der Waals surface area (Å²) in [5.41, 5.74) is 4.53. The van der Waals surface area contributed by atoms with Crippen LogP contribution in [0.4, 0.5) is 13.2 Å². The molecule has 0 spiro atoms. The van der Waals surface area contributed by atoms with Crippen LogP contribution in [0.5, 0.6) is 0 Å². The van der Waals surface area contributed by atoms with Crippen molar-refractivity contribution in [3.05, 3.63) is 59.2 Å². The SMILES string of the molecule is O=C(NCC(F)(F)F)C1c2ccccc2-c2cccc(CCCCBr)c21. The molecular weight excluding hydrogens is 407 g/mol. The van der Waals surface area contributed by atoms with Gasteiger partial charge in [0.05, 0.1) is 5.92 Å². The first-order valence-corrected chi connectivity index (χ1v) is 9.66. The molecule has 0 saturated heterocycles. The van der Waals surface area contributed by atoms with E-state index >= 15 is 0 Å². The third-order valence-electron chi connectivity index (χ3n) is 4.60. The highest BCUT2D eigenvalue weighted by Gasteiger charge is 2.37. The number of fused-ring (bicyclic) bond motifs is 3. The molecule has 1 atom stereocenters. The van der Waals surface area contributed by atoms with Crippen LogP contribution in [0.15, 0.2) is 42.5 Å². The largest absolute Gasteiger partial charge is 0.405 e. The van der Waals surface area contributed by atoms with Crippen LogP contribution in [-0.4, -0.2) is 24.0 Å². The van der Waals surface area contributed by atoms with Crippen molar-refractivity contribution in [1.29, 1.82) is 0 Å². The van der Waals surface area contributed by atoms with Gasteiger partial charge in [-0.1, -0.05) is 58.4 Å². The molecule has 3 rings (SSSR count). The van der Waals surface area contributed by atoms with Gasteiger partial charge in [0.25, 0.3) is 0 Å². The molecule has 1 unspecified atom stereocenters. The molecule has 0 bridgehead atoms. The number of carbonyl (C=O) groups is 1. The molecule has 0 fully saturated rings. The Labute approximate surface area is 158 Å². The molecule has 0 aromatic heterocycles. The molecule has 1 aliphatic rings. The Morgan fingerprint density at radius 2 is 1.77 bits per heavy atom. The molecular formula is C20H19BrF3NO. The highest BCUT2D eigenvalue weighted by Crippen LogP contribution is 2.46. The number of hydrogen-bond acceptors (Lipinski definition) is 1. The molecule has 26 heavy (non-hydrogen) atoms. The summed E-state index contributed by atoms with van der Waals surface area (Å²) in [7, 11) is 0. The van der Waals surface area contributed by atoms with Crippen LogP contribution in [0.3, 0.4) is 0 Å². The summed E-state index contributed by atoms with van der Waals surface area (Å²) in [6.07, 6.45) is -1.67. The van der Waals surface area contributed by atoms with Crippen LogP contribution >= 0.6 is 15.9 Å². The average molecular weight is 426 g/mol. The van der Waals surface area contributed by atoms with Gasteiger partial charge < -0.3 is 5.32 Å². The van der Waals surface area contributed by atoms with Gasteiger partial charge in [-0.25, -0.2) is 0 Å². The summed E-state index contributed by atoms with van der Waals surface area (Å²) in [5, 5.41) is 2.97. The van der Waals surface area contributed by atoms with Crippen LogP contribution in [0, 0.1) is 0 Å². The van der Waals surface area contributed by atoms with E-state index in [9.17, 15) is 18.0 Å². The summed E-state index contributed by atoms with van der Waals surface area (Å²) < 4.78 is 37.7. The predicted octanol–water partition coefficient (Wildman–Crippen LogP) is 5.20. The molecule has 2 aromatic rings. The van der Waals surface area contributed by atoms with E-state index < -0.39 is 24.5 Å². The Kier molecular flexibility index (Phi) is 5.70. The summed E-state index contributed by atoms with van der Waals surface area (Å²) in [4.78, 5) is 12.7. The molecule has 6 heteroatoms. The third kappa shape index (κ3) is 3.95. The Bertz CT molecular complexity index is 804. The second-order valence-corrected chi connectivity index (χ2v) is 7.17. The maximum absolute atomic E-state index is 12.7. The van der Waals surface area contributed by atoms with Gasteiger partial charge in [0.1, 0.15) is 6.54 Å². The van der Waals surface area contributed by atoms with E-state index in [1.165, 1.54) is 0 Å². The fourth-order valence-electron chi connectivity index (χ4n) is 3.53. The van der Waals surface area contributed by atoms with Gasteiger partial charge in [0.15, 0.2) is 0 Å². The van der Waals surface area contributed by atoms with E-state index in [1.54, 1.807) is 0 Å². The van der Waals surface area contributed by atoms with E-state index in [0.717, 1.165) is 52.4 Å².